The molecule has 0 aliphatic heterocycles. The first-order valence-corrected chi connectivity index (χ1v) is 13.8. The highest BCUT2D eigenvalue weighted by Gasteiger charge is 2.20. The van der Waals surface area contributed by atoms with Crippen molar-refractivity contribution in [2.45, 2.75) is 46.6 Å². The van der Waals surface area contributed by atoms with Crippen molar-refractivity contribution in [3.8, 4) is 5.75 Å². The highest BCUT2D eigenvalue weighted by molar-refractivity contribution is 7.67. The van der Waals surface area contributed by atoms with Crippen LogP contribution < -0.4 is 20.7 Å². The van der Waals surface area contributed by atoms with Crippen molar-refractivity contribution < 1.29 is 4.74 Å². The van der Waals surface area contributed by atoms with Crippen molar-refractivity contribution in [3.05, 3.63) is 82.9 Å². The van der Waals surface area contributed by atoms with Gasteiger partial charge in [-0.1, -0.05) is 91.9 Å². The number of benzene rings is 3. The first-order chi connectivity index (χ1) is 14.2. The molecule has 158 valence electrons. The lowest BCUT2D eigenvalue weighted by molar-refractivity contribution is 0.306. The zero-order chi connectivity index (χ0) is 21.9. The van der Waals surface area contributed by atoms with E-state index in [2.05, 4.69) is 103 Å². The molecule has 0 heterocycles. The molecule has 3 aromatic rings. The molecule has 0 saturated carbocycles. The monoisotopic (exact) mass is 436 g/mol. The number of hydrogen-bond donors (Lipinski definition) is 0. The van der Waals surface area contributed by atoms with Gasteiger partial charge in [-0.25, -0.2) is 0 Å². The Balaban J connectivity index is 2.06. The van der Waals surface area contributed by atoms with Crippen molar-refractivity contribution >= 4 is 32.4 Å². The molecule has 1 nitrogen and oxygen atoms in total. The minimum atomic E-state index is -0.154. The summed E-state index contributed by atoms with van der Waals surface area (Å²) in [7, 11) is 0.442. The van der Waals surface area contributed by atoms with E-state index in [1.807, 2.05) is 6.07 Å². The van der Waals surface area contributed by atoms with Gasteiger partial charge in [-0.3, -0.25) is 0 Å². The van der Waals surface area contributed by atoms with Crippen molar-refractivity contribution in [2.24, 2.45) is 0 Å². The molecule has 3 rings (SSSR count). The molecule has 0 radical (unpaired) electrons. The van der Waals surface area contributed by atoms with Crippen molar-refractivity contribution in [2.75, 3.05) is 13.3 Å². The average Bonchev–Trinajstić information content (AvgIpc) is 2.68. The maximum absolute atomic E-state index is 6.45. The van der Waals surface area contributed by atoms with Gasteiger partial charge in [-0.05, 0) is 71.5 Å². The summed E-state index contributed by atoms with van der Waals surface area (Å²) in [4.78, 5) is 0. The smallest absolute Gasteiger partial charge is 0.130 e. The van der Waals surface area contributed by atoms with E-state index in [0.29, 0.717) is 15.2 Å². The number of aryl methyl sites for hydroxylation is 2. The normalized spacial score (nSPS) is 12.1. The highest BCUT2D eigenvalue weighted by Crippen LogP contribution is 2.33. The third-order valence-electron chi connectivity index (χ3n) is 5.36. The lowest BCUT2D eigenvalue weighted by atomic mass is 9.86. The molecular weight excluding hydrogens is 402 g/mol. The molecule has 0 aromatic heterocycles. The molecule has 0 aliphatic carbocycles. The zero-order valence-electron chi connectivity index (χ0n) is 19.3. The summed E-state index contributed by atoms with van der Waals surface area (Å²) in [6, 6.07) is 21.9. The first kappa shape index (κ1) is 23.0. The quantitative estimate of drug-likeness (QED) is 0.420. The lowest BCUT2D eigenvalue weighted by Crippen LogP contribution is -2.25. The fourth-order valence-corrected chi connectivity index (χ4v) is 6.76. The van der Waals surface area contributed by atoms with E-state index in [1.165, 1.54) is 38.2 Å². The third-order valence-corrected chi connectivity index (χ3v) is 8.46. The van der Waals surface area contributed by atoms with E-state index in [-0.39, 0.29) is 13.3 Å². The van der Waals surface area contributed by atoms with Gasteiger partial charge in [-0.15, -0.1) is 0 Å². The standard InChI is InChI=1S/C27H34OP2/c1-19-12-11-15-24(30(6)7)26(19)29-23-17-22(27(3,4)5)16-20(2)25(23)28-18-21-13-9-8-10-14-21/h8-17,29H,18H2,1-7H3. The Morgan fingerprint density at radius 2 is 1.57 bits per heavy atom. The van der Waals surface area contributed by atoms with Crippen LogP contribution in [0.25, 0.3) is 0 Å². The van der Waals surface area contributed by atoms with Crippen molar-refractivity contribution in [1.29, 1.82) is 0 Å². The second kappa shape index (κ2) is 9.64. The van der Waals surface area contributed by atoms with E-state index in [4.69, 9.17) is 4.74 Å². The average molecular weight is 437 g/mol. The van der Waals surface area contributed by atoms with E-state index in [9.17, 15) is 0 Å². The highest BCUT2D eigenvalue weighted by atomic mass is 31.1. The molecule has 0 saturated heterocycles. The van der Waals surface area contributed by atoms with Gasteiger partial charge in [0.1, 0.15) is 12.4 Å². The van der Waals surface area contributed by atoms with Gasteiger partial charge in [0.15, 0.2) is 0 Å². The number of rotatable bonds is 6. The maximum Gasteiger partial charge on any atom is 0.130 e. The molecule has 3 aromatic carbocycles. The van der Waals surface area contributed by atoms with Crippen molar-refractivity contribution in [3.63, 3.8) is 0 Å². The summed E-state index contributed by atoms with van der Waals surface area (Å²) in [6.07, 6.45) is 0. The largest absolute Gasteiger partial charge is 0.488 e. The summed E-state index contributed by atoms with van der Waals surface area (Å²) in [5, 5.41) is 4.32. The van der Waals surface area contributed by atoms with E-state index in [1.54, 1.807) is 0 Å². The predicted molar refractivity (Wildman–Crippen MR) is 138 cm³/mol. The molecule has 30 heavy (non-hydrogen) atoms. The molecule has 0 N–H and O–H groups in total. The van der Waals surface area contributed by atoms with Gasteiger partial charge in [0.05, 0.1) is 0 Å². The Morgan fingerprint density at radius 3 is 2.20 bits per heavy atom. The van der Waals surface area contributed by atoms with Gasteiger partial charge < -0.3 is 4.74 Å². The van der Waals surface area contributed by atoms with Crippen LogP contribution in [-0.4, -0.2) is 13.3 Å². The topological polar surface area (TPSA) is 9.23 Å². The minimum Gasteiger partial charge on any atom is -0.488 e. The summed E-state index contributed by atoms with van der Waals surface area (Å²) in [6.45, 7) is 16.6. The van der Waals surface area contributed by atoms with Crippen LogP contribution in [0.5, 0.6) is 5.75 Å². The molecule has 1 atom stereocenters. The Morgan fingerprint density at radius 1 is 0.867 bits per heavy atom. The molecule has 0 bridgehead atoms. The van der Waals surface area contributed by atoms with Crippen LogP contribution in [0.1, 0.15) is 43.0 Å². The Bertz CT molecular complexity index is 1000. The Hall–Kier alpha value is -1.68. The maximum atomic E-state index is 6.45. The molecule has 0 spiro atoms. The Kier molecular flexibility index (Phi) is 7.38. The molecule has 3 heteroatoms. The van der Waals surface area contributed by atoms with Gasteiger partial charge >= 0.3 is 0 Å². The molecule has 1 unspecified atom stereocenters. The molecule has 0 aliphatic rings. The summed E-state index contributed by atoms with van der Waals surface area (Å²) in [5.41, 5.74) is 5.30. The van der Waals surface area contributed by atoms with Gasteiger partial charge in [-0.2, -0.15) is 0 Å². The van der Waals surface area contributed by atoms with Crippen LogP contribution in [0.3, 0.4) is 0 Å². The predicted octanol–water partition coefficient (Wildman–Crippen LogP) is 6.18. The van der Waals surface area contributed by atoms with Gasteiger partial charge in [0.25, 0.3) is 0 Å². The Labute approximate surface area is 185 Å². The van der Waals surface area contributed by atoms with Crippen LogP contribution in [0.4, 0.5) is 0 Å². The number of hydrogen-bond acceptors (Lipinski definition) is 1. The fraction of sp³-hybridized carbons (Fsp3) is 0.333. The van der Waals surface area contributed by atoms with E-state index >= 15 is 0 Å². The van der Waals surface area contributed by atoms with E-state index < -0.39 is 0 Å². The molecular formula is C27H34OP2. The van der Waals surface area contributed by atoms with E-state index in [0.717, 1.165) is 5.75 Å². The lowest BCUT2D eigenvalue weighted by Gasteiger charge is -2.24. The summed E-state index contributed by atoms with van der Waals surface area (Å²) < 4.78 is 6.45. The van der Waals surface area contributed by atoms with Gasteiger partial charge in [0, 0.05) is 5.30 Å². The first-order valence-electron chi connectivity index (χ1n) is 10.5. The van der Waals surface area contributed by atoms with Crippen LogP contribution in [-0.2, 0) is 12.0 Å². The summed E-state index contributed by atoms with van der Waals surface area (Å²) >= 11 is 0. The minimum absolute atomic E-state index is 0.110. The SMILES string of the molecule is Cc1cc(C(C)(C)C)cc(Pc2c(C)cccc2P(C)C)c1OCc1ccccc1. The van der Waals surface area contributed by atoms with Crippen LogP contribution in [0, 0.1) is 13.8 Å². The second-order valence-corrected chi connectivity index (χ2v) is 12.7. The van der Waals surface area contributed by atoms with Crippen LogP contribution in [0.15, 0.2) is 60.7 Å². The second-order valence-electron chi connectivity index (χ2n) is 9.18. The van der Waals surface area contributed by atoms with Crippen LogP contribution >= 0.6 is 16.5 Å². The molecule has 0 amide bonds. The van der Waals surface area contributed by atoms with Crippen LogP contribution in [0.2, 0.25) is 0 Å². The zero-order valence-corrected chi connectivity index (χ0v) is 21.2. The number of ether oxygens (including phenoxy) is 1. The van der Waals surface area contributed by atoms with Crippen molar-refractivity contribution in [1.82, 2.24) is 0 Å². The molecule has 0 fully saturated rings. The fourth-order valence-electron chi connectivity index (χ4n) is 3.54. The third kappa shape index (κ3) is 5.51. The summed E-state index contributed by atoms with van der Waals surface area (Å²) in [5.74, 6) is 1.05. The van der Waals surface area contributed by atoms with Gasteiger partial charge in [0.2, 0.25) is 0 Å².